The molecule has 2 heterocycles. The molecule has 0 bridgehead atoms. The topological polar surface area (TPSA) is 76.5 Å². The second kappa shape index (κ2) is 3.97. The van der Waals surface area contributed by atoms with Crippen molar-refractivity contribution in [3.63, 3.8) is 0 Å². The van der Waals surface area contributed by atoms with E-state index in [4.69, 9.17) is 14.0 Å². The molecule has 5 nitrogen and oxygen atoms in total. The first kappa shape index (κ1) is 10.3. The molecule has 0 spiro atoms. The summed E-state index contributed by atoms with van der Waals surface area (Å²) in [7, 11) is 0. The average molecular weight is 216 g/mol. The number of carbonyl (C=O) groups is 1. The third-order valence-corrected chi connectivity index (χ3v) is 1.49. The summed E-state index contributed by atoms with van der Waals surface area (Å²) in [5.74, 6) is -0.357. The van der Waals surface area contributed by atoms with Crippen LogP contribution in [0.1, 0.15) is 10.5 Å². The van der Waals surface area contributed by atoms with E-state index >= 15 is 0 Å². The smallest absolute Gasteiger partial charge is 0.358 e. The third kappa shape index (κ3) is 1.77. The van der Waals surface area contributed by atoms with Crippen LogP contribution in [-0.4, -0.2) is 16.2 Å². The Morgan fingerprint density at radius 1 is 1.43 bits per heavy atom. The molecule has 0 atom stereocenters. The van der Waals surface area contributed by atoms with E-state index in [1.807, 2.05) is 0 Å². The van der Waals surface area contributed by atoms with Crippen LogP contribution in [-0.2, 0) is 0 Å². The number of hydrogen-bond donors (Lipinski definition) is 1. The van der Waals surface area contributed by atoms with Crippen molar-refractivity contribution in [2.24, 2.45) is 0 Å². The second-order valence-corrected chi connectivity index (χ2v) is 2.36. The zero-order valence-corrected chi connectivity index (χ0v) is 7.65. The Bertz CT molecular complexity index is 420. The van der Waals surface area contributed by atoms with Crippen molar-refractivity contribution in [2.45, 2.75) is 0 Å². The van der Waals surface area contributed by atoms with Crippen molar-refractivity contribution in [2.75, 3.05) is 0 Å². The van der Waals surface area contributed by atoms with E-state index in [0.29, 0.717) is 11.5 Å². The third-order valence-electron chi connectivity index (χ3n) is 1.49. The fourth-order valence-electron chi connectivity index (χ4n) is 0.911. The lowest BCUT2D eigenvalue weighted by molar-refractivity contribution is 0.0686. The lowest BCUT2D eigenvalue weighted by Crippen LogP contribution is -1.94. The summed E-state index contributed by atoms with van der Waals surface area (Å²) in [6, 6.07) is 4.64. The first-order valence-electron chi connectivity index (χ1n) is 3.51. The summed E-state index contributed by atoms with van der Waals surface area (Å²) in [6.45, 7) is 0. The van der Waals surface area contributed by atoms with E-state index < -0.39 is 5.97 Å². The van der Waals surface area contributed by atoms with E-state index in [9.17, 15) is 4.79 Å². The lowest BCUT2D eigenvalue weighted by atomic mass is 10.3. The Hall–Kier alpha value is -1.75. The van der Waals surface area contributed by atoms with Crippen LogP contribution in [0.25, 0.3) is 11.5 Å². The van der Waals surface area contributed by atoms with Crippen LogP contribution in [0.4, 0.5) is 0 Å². The van der Waals surface area contributed by atoms with Gasteiger partial charge in [-0.1, -0.05) is 5.16 Å². The molecule has 2 aromatic heterocycles. The normalized spacial score (nSPS) is 9.43. The Balaban J connectivity index is 0.000000980. The monoisotopic (exact) mass is 215 g/mol. The Labute approximate surface area is 84.7 Å². The molecule has 0 radical (unpaired) electrons. The van der Waals surface area contributed by atoms with Gasteiger partial charge in [0.25, 0.3) is 0 Å². The largest absolute Gasteiger partial charge is 0.476 e. The molecule has 0 aliphatic heterocycles. The van der Waals surface area contributed by atoms with E-state index in [2.05, 4.69) is 5.16 Å². The second-order valence-electron chi connectivity index (χ2n) is 2.36. The predicted octanol–water partition coefficient (Wildman–Crippen LogP) is 2.05. The molecule has 1 N–H and O–H groups in total. The van der Waals surface area contributed by atoms with E-state index in [-0.39, 0.29) is 18.1 Å². The van der Waals surface area contributed by atoms with Gasteiger partial charge in [0.05, 0.1) is 6.26 Å². The predicted molar refractivity (Wildman–Crippen MR) is 48.4 cm³/mol. The number of furan rings is 1. The first-order chi connectivity index (χ1) is 6.27. The van der Waals surface area contributed by atoms with Crippen molar-refractivity contribution >= 4 is 18.4 Å². The number of carboxylic acids is 1. The van der Waals surface area contributed by atoms with Crippen molar-refractivity contribution in [3.05, 3.63) is 30.2 Å². The molecular formula is C8H6ClNO4. The Kier molecular flexibility index (Phi) is 2.93. The quantitative estimate of drug-likeness (QED) is 0.830. The maximum Gasteiger partial charge on any atom is 0.358 e. The van der Waals surface area contributed by atoms with E-state index in [1.165, 1.54) is 12.3 Å². The number of rotatable bonds is 2. The summed E-state index contributed by atoms with van der Waals surface area (Å²) >= 11 is 0. The SMILES string of the molecule is Cl.O=C(O)c1cc(-c2ccco2)on1. The molecule has 0 amide bonds. The van der Waals surface area contributed by atoms with Crippen molar-refractivity contribution in [3.8, 4) is 11.5 Å². The number of aromatic nitrogens is 1. The van der Waals surface area contributed by atoms with Gasteiger partial charge in [0.2, 0.25) is 5.76 Å². The molecule has 0 saturated carbocycles. The average Bonchev–Trinajstić information content (AvgIpc) is 2.75. The van der Waals surface area contributed by atoms with Gasteiger partial charge in [-0.3, -0.25) is 0 Å². The number of carboxylic acid groups (broad SMARTS) is 1. The number of nitrogens with zero attached hydrogens (tertiary/aromatic N) is 1. The summed E-state index contributed by atoms with van der Waals surface area (Å²) in [5, 5.41) is 11.9. The van der Waals surface area contributed by atoms with Gasteiger partial charge in [0, 0.05) is 6.07 Å². The molecule has 0 aliphatic carbocycles. The van der Waals surface area contributed by atoms with Crippen molar-refractivity contribution in [1.29, 1.82) is 0 Å². The summed E-state index contributed by atoms with van der Waals surface area (Å²) in [4.78, 5) is 10.4. The van der Waals surface area contributed by atoms with E-state index in [0.717, 1.165) is 0 Å². The minimum absolute atomic E-state index is 0. The molecule has 14 heavy (non-hydrogen) atoms. The van der Waals surface area contributed by atoms with E-state index in [1.54, 1.807) is 12.1 Å². The molecule has 2 aromatic rings. The molecule has 0 fully saturated rings. The van der Waals surface area contributed by atoms with Gasteiger partial charge in [-0.2, -0.15) is 0 Å². The summed E-state index contributed by atoms with van der Waals surface area (Å²) < 4.78 is 9.73. The molecule has 0 aromatic carbocycles. The maximum atomic E-state index is 10.4. The minimum atomic E-state index is -1.12. The van der Waals surface area contributed by atoms with Crippen LogP contribution >= 0.6 is 12.4 Å². The fraction of sp³-hybridized carbons (Fsp3) is 0. The van der Waals surface area contributed by atoms with Gasteiger partial charge < -0.3 is 14.0 Å². The summed E-state index contributed by atoms with van der Waals surface area (Å²) in [6.07, 6.45) is 1.47. The van der Waals surface area contributed by atoms with Gasteiger partial charge in [-0.05, 0) is 12.1 Å². The van der Waals surface area contributed by atoms with Crippen LogP contribution in [0.15, 0.2) is 33.4 Å². The highest BCUT2D eigenvalue weighted by Crippen LogP contribution is 2.20. The van der Waals surface area contributed by atoms with Gasteiger partial charge in [0.1, 0.15) is 0 Å². The fourth-order valence-corrected chi connectivity index (χ4v) is 0.911. The lowest BCUT2D eigenvalue weighted by Gasteiger charge is -1.82. The zero-order valence-electron chi connectivity index (χ0n) is 6.84. The molecule has 6 heteroatoms. The number of aromatic carboxylic acids is 1. The van der Waals surface area contributed by atoms with Crippen molar-refractivity contribution in [1.82, 2.24) is 5.16 Å². The molecular weight excluding hydrogens is 210 g/mol. The van der Waals surface area contributed by atoms with Crippen LogP contribution in [0, 0.1) is 0 Å². The van der Waals surface area contributed by atoms with Gasteiger partial charge >= 0.3 is 5.97 Å². The first-order valence-corrected chi connectivity index (χ1v) is 3.51. The highest BCUT2D eigenvalue weighted by atomic mass is 35.5. The van der Waals surface area contributed by atoms with Crippen LogP contribution in [0.3, 0.4) is 0 Å². The maximum absolute atomic E-state index is 10.4. The van der Waals surface area contributed by atoms with Gasteiger partial charge in [0.15, 0.2) is 11.5 Å². The Morgan fingerprint density at radius 3 is 2.71 bits per heavy atom. The molecule has 0 saturated heterocycles. The van der Waals surface area contributed by atoms with Crippen molar-refractivity contribution < 1.29 is 18.8 Å². The highest BCUT2D eigenvalue weighted by molar-refractivity contribution is 5.86. The highest BCUT2D eigenvalue weighted by Gasteiger charge is 2.13. The van der Waals surface area contributed by atoms with Crippen LogP contribution in [0.5, 0.6) is 0 Å². The molecule has 0 aliphatic rings. The number of hydrogen-bond acceptors (Lipinski definition) is 4. The van der Waals surface area contributed by atoms with Gasteiger partial charge in [-0.15, -0.1) is 12.4 Å². The van der Waals surface area contributed by atoms with Crippen LogP contribution in [0.2, 0.25) is 0 Å². The standard InChI is InChI=1S/C8H5NO4.ClH/c10-8(11)5-4-7(13-9-5)6-2-1-3-12-6;/h1-4H,(H,10,11);1H. The molecule has 2 rings (SSSR count). The molecule has 74 valence electrons. The van der Waals surface area contributed by atoms with Crippen LogP contribution < -0.4 is 0 Å². The minimum Gasteiger partial charge on any atom is -0.476 e. The zero-order chi connectivity index (χ0) is 9.26. The molecule has 0 unspecified atom stereocenters. The summed E-state index contributed by atoms with van der Waals surface area (Å²) in [5.41, 5.74) is -0.133. The Morgan fingerprint density at radius 2 is 2.21 bits per heavy atom. The van der Waals surface area contributed by atoms with Gasteiger partial charge in [-0.25, -0.2) is 4.79 Å². The number of halogens is 1.